The van der Waals surface area contributed by atoms with Crippen LogP contribution in [-0.4, -0.2) is 40.8 Å². The maximum Gasteiger partial charge on any atom is 0.261 e. The van der Waals surface area contributed by atoms with E-state index in [-0.39, 0.29) is 17.9 Å². The lowest BCUT2D eigenvalue weighted by Crippen LogP contribution is -2.39. The van der Waals surface area contributed by atoms with Gasteiger partial charge in [-0.15, -0.1) is 0 Å². The van der Waals surface area contributed by atoms with Crippen molar-refractivity contribution in [1.82, 2.24) is 9.88 Å². The molecule has 6 heteroatoms. The van der Waals surface area contributed by atoms with Gasteiger partial charge in [-0.2, -0.15) is 0 Å². The van der Waals surface area contributed by atoms with Gasteiger partial charge in [0.2, 0.25) is 0 Å². The number of amides is 2. The summed E-state index contributed by atoms with van der Waals surface area (Å²) in [5.41, 5.74) is 2.12. The van der Waals surface area contributed by atoms with Crippen molar-refractivity contribution in [3.05, 3.63) is 47.7 Å². The predicted octanol–water partition coefficient (Wildman–Crippen LogP) is 4.47. The Labute approximate surface area is 170 Å². The first-order valence-corrected chi connectivity index (χ1v) is 10.7. The summed E-state index contributed by atoms with van der Waals surface area (Å²) in [6, 6.07) is 9.30. The van der Waals surface area contributed by atoms with E-state index < -0.39 is 0 Å². The van der Waals surface area contributed by atoms with Crippen molar-refractivity contribution in [2.24, 2.45) is 5.92 Å². The van der Waals surface area contributed by atoms with Crippen molar-refractivity contribution in [1.29, 1.82) is 0 Å². The Morgan fingerprint density at radius 1 is 1.29 bits per heavy atom. The zero-order valence-corrected chi connectivity index (χ0v) is 17.3. The Balaban J connectivity index is 1.75. The second-order valence-corrected chi connectivity index (χ2v) is 8.94. The van der Waals surface area contributed by atoms with Crippen molar-refractivity contribution < 1.29 is 9.59 Å². The minimum atomic E-state index is -0.0479. The van der Waals surface area contributed by atoms with Crippen LogP contribution in [0.2, 0.25) is 0 Å². The molecule has 3 heterocycles. The maximum atomic E-state index is 13.1. The van der Waals surface area contributed by atoms with Gasteiger partial charge in [-0.1, -0.05) is 18.7 Å². The van der Waals surface area contributed by atoms with Gasteiger partial charge < -0.3 is 9.80 Å². The van der Waals surface area contributed by atoms with E-state index >= 15 is 0 Å². The van der Waals surface area contributed by atoms with E-state index in [1.165, 1.54) is 18.2 Å². The van der Waals surface area contributed by atoms with E-state index in [2.05, 4.69) is 11.9 Å². The monoisotopic (exact) mass is 395 g/mol. The number of carbonyl (C=O) groups is 2. The summed E-state index contributed by atoms with van der Waals surface area (Å²) < 4.78 is 0. The smallest absolute Gasteiger partial charge is 0.261 e. The first-order valence-electron chi connectivity index (χ1n) is 9.85. The molecule has 1 aromatic carbocycles. The number of aromatic nitrogens is 1. The highest BCUT2D eigenvalue weighted by atomic mass is 32.2. The van der Waals surface area contributed by atoms with Gasteiger partial charge in [0, 0.05) is 35.8 Å². The number of rotatable bonds is 2. The number of hydrogen-bond donors (Lipinski definition) is 0. The Morgan fingerprint density at radius 3 is 2.86 bits per heavy atom. The molecule has 0 unspecified atom stereocenters. The van der Waals surface area contributed by atoms with Gasteiger partial charge in [0.1, 0.15) is 5.03 Å². The Hall–Kier alpha value is -2.34. The SMILES string of the molecule is CC(C)N1C(=O)c2cccnc2Sc2cc(C(=O)N3CCC[C@H](C)C3)ccc21. The maximum absolute atomic E-state index is 13.1. The van der Waals surface area contributed by atoms with Gasteiger partial charge in [-0.3, -0.25) is 9.59 Å². The van der Waals surface area contributed by atoms with Crippen LogP contribution < -0.4 is 4.90 Å². The molecule has 1 saturated heterocycles. The summed E-state index contributed by atoms with van der Waals surface area (Å²) in [7, 11) is 0. The molecule has 2 aromatic rings. The Kier molecular flexibility index (Phi) is 5.15. The minimum absolute atomic E-state index is 0.00232. The van der Waals surface area contributed by atoms with E-state index in [1.807, 2.05) is 43.0 Å². The molecule has 0 bridgehead atoms. The summed E-state index contributed by atoms with van der Waals surface area (Å²) in [5, 5.41) is 0.688. The molecule has 0 spiro atoms. The van der Waals surface area contributed by atoms with E-state index in [9.17, 15) is 9.59 Å². The summed E-state index contributed by atoms with van der Waals surface area (Å²) >= 11 is 1.46. The van der Waals surface area contributed by atoms with Crippen LogP contribution in [0.4, 0.5) is 5.69 Å². The molecule has 2 aliphatic rings. The number of hydrogen-bond acceptors (Lipinski definition) is 4. The average Bonchev–Trinajstić information content (AvgIpc) is 2.80. The molecular formula is C22H25N3O2S. The van der Waals surface area contributed by atoms with E-state index in [1.54, 1.807) is 17.2 Å². The molecule has 146 valence electrons. The van der Waals surface area contributed by atoms with Crippen LogP contribution in [0.25, 0.3) is 0 Å². The topological polar surface area (TPSA) is 53.5 Å². The van der Waals surface area contributed by atoms with Crippen LogP contribution in [0.3, 0.4) is 0 Å². The quantitative estimate of drug-likeness (QED) is 0.753. The highest BCUT2D eigenvalue weighted by Gasteiger charge is 2.31. The van der Waals surface area contributed by atoms with Gasteiger partial charge in [0.05, 0.1) is 11.3 Å². The van der Waals surface area contributed by atoms with Gasteiger partial charge in [-0.25, -0.2) is 4.98 Å². The molecule has 0 radical (unpaired) electrons. The zero-order chi connectivity index (χ0) is 19.8. The highest BCUT2D eigenvalue weighted by molar-refractivity contribution is 7.99. The number of anilines is 1. The summed E-state index contributed by atoms with van der Waals surface area (Å²) in [6.45, 7) is 7.82. The van der Waals surface area contributed by atoms with Gasteiger partial charge in [0.25, 0.3) is 11.8 Å². The first-order chi connectivity index (χ1) is 13.5. The second-order valence-electron chi connectivity index (χ2n) is 7.91. The van der Waals surface area contributed by atoms with Gasteiger partial charge in [-0.05, 0) is 62.9 Å². The molecule has 1 fully saturated rings. The van der Waals surface area contributed by atoms with Crippen LogP contribution in [0.5, 0.6) is 0 Å². The lowest BCUT2D eigenvalue weighted by atomic mass is 9.99. The Bertz CT molecular complexity index is 928. The fourth-order valence-corrected chi connectivity index (χ4v) is 5.02. The lowest BCUT2D eigenvalue weighted by molar-refractivity contribution is 0.0682. The molecule has 1 aromatic heterocycles. The number of carbonyl (C=O) groups excluding carboxylic acids is 2. The van der Waals surface area contributed by atoms with E-state index in [0.717, 1.165) is 30.1 Å². The molecule has 5 nitrogen and oxygen atoms in total. The molecule has 4 rings (SSSR count). The van der Waals surface area contributed by atoms with Crippen LogP contribution >= 0.6 is 11.8 Å². The standard InChI is InChI=1S/C22H25N3O2S/c1-14(2)25-18-9-8-16(21(26)24-11-5-6-15(3)13-24)12-19(18)28-20-17(22(25)27)7-4-10-23-20/h4,7-10,12,14-15H,5-6,11,13H2,1-3H3/t15-/m0/s1. The average molecular weight is 396 g/mol. The lowest BCUT2D eigenvalue weighted by Gasteiger charge is -2.31. The van der Waals surface area contributed by atoms with Crippen LogP contribution in [0.1, 0.15) is 54.3 Å². The van der Waals surface area contributed by atoms with Gasteiger partial charge in [0.15, 0.2) is 0 Å². The number of pyridine rings is 1. The van der Waals surface area contributed by atoms with E-state index in [0.29, 0.717) is 22.1 Å². The van der Waals surface area contributed by atoms with Crippen molar-refractivity contribution in [2.75, 3.05) is 18.0 Å². The normalized spacial score (nSPS) is 19.3. The zero-order valence-electron chi connectivity index (χ0n) is 16.5. The molecule has 0 saturated carbocycles. The van der Waals surface area contributed by atoms with E-state index in [4.69, 9.17) is 0 Å². The Morgan fingerprint density at radius 2 is 2.11 bits per heavy atom. The van der Waals surface area contributed by atoms with Crippen LogP contribution in [0, 0.1) is 5.92 Å². The van der Waals surface area contributed by atoms with Crippen molar-refractivity contribution in [3.8, 4) is 0 Å². The molecule has 1 atom stereocenters. The molecular weight excluding hydrogens is 370 g/mol. The molecule has 2 aliphatic heterocycles. The number of piperidine rings is 1. The van der Waals surface area contributed by atoms with Gasteiger partial charge >= 0.3 is 0 Å². The molecule has 28 heavy (non-hydrogen) atoms. The van der Waals surface area contributed by atoms with Crippen LogP contribution in [-0.2, 0) is 0 Å². The molecule has 0 aliphatic carbocycles. The highest BCUT2D eigenvalue weighted by Crippen LogP contribution is 2.41. The summed E-state index contributed by atoms with van der Waals surface area (Å²) in [5.74, 6) is 0.564. The predicted molar refractivity (Wildman–Crippen MR) is 111 cm³/mol. The third-order valence-electron chi connectivity index (χ3n) is 5.35. The first kappa shape index (κ1) is 19.0. The number of fused-ring (bicyclic) bond motifs is 2. The van der Waals surface area contributed by atoms with Crippen LogP contribution in [0.15, 0.2) is 46.5 Å². The number of nitrogens with zero attached hydrogens (tertiary/aromatic N) is 3. The molecule has 0 N–H and O–H groups in total. The summed E-state index contributed by atoms with van der Waals surface area (Å²) in [4.78, 5) is 35.3. The summed E-state index contributed by atoms with van der Waals surface area (Å²) in [6.07, 6.45) is 3.94. The third-order valence-corrected chi connectivity index (χ3v) is 6.42. The van der Waals surface area contributed by atoms with Crippen molar-refractivity contribution in [3.63, 3.8) is 0 Å². The number of likely N-dealkylation sites (tertiary alicyclic amines) is 1. The largest absolute Gasteiger partial charge is 0.338 e. The third kappa shape index (κ3) is 3.41. The minimum Gasteiger partial charge on any atom is -0.338 e. The number of benzene rings is 1. The molecule has 2 amide bonds. The fourth-order valence-electron chi connectivity index (χ4n) is 3.98. The second kappa shape index (κ2) is 7.59. The van der Waals surface area contributed by atoms with Crippen molar-refractivity contribution >= 4 is 29.3 Å². The fraction of sp³-hybridized carbons (Fsp3) is 0.409. The van der Waals surface area contributed by atoms with Crippen molar-refractivity contribution in [2.45, 2.75) is 49.6 Å².